The minimum Gasteiger partial charge on any atom is -1.00 e. The molecular formula is C32H44Cl2P2Ti. The third-order valence-corrected chi connectivity index (χ3v) is 10.6. The van der Waals surface area contributed by atoms with Crippen molar-refractivity contribution < 1.29 is 46.5 Å². The second kappa shape index (κ2) is 20.7. The second-order valence-corrected chi connectivity index (χ2v) is 14.5. The fraction of sp³-hybridized carbons (Fsp3) is 0.438. The normalized spacial score (nSPS) is 10.5. The van der Waals surface area contributed by atoms with Crippen molar-refractivity contribution in [2.75, 3.05) is 25.7 Å². The van der Waals surface area contributed by atoms with Crippen LogP contribution in [0.5, 0.6) is 0 Å². The molecule has 5 heteroatoms. The topological polar surface area (TPSA) is 0 Å². The molecule has 0 aliphatic heterocycles. The molecule has 37 heavy (non-hydrogen) atoms. The number of benzene rings is 2. The van der Waals surface area contributed by atoms with Crippen molar-refractivity contribution in [2.45, 2.75) is 65.2 Å². The summed E-state index contributed by atoms with van der Waals surface area (Å²) in [6.45, 7) is 9.20. The quantitative estimate of drug-likeness (QED) is 0.0995. The molecule has 0 saturated carbocycles. The molecule has 0 saturated heterocycles. The third kappa shape index (κ3) is 12.3. The molecule has 200 valence electrons. The monoisotopic (exact) mass is 608 g/mol. The summed E-state index contributed by atoms with van der Waals surface area (Å²) in [5.41, 5.74) is 0. The minimum absolute atomic E-state index is 0. The van der Waals surface area contributed by atoms with Gasteiger partial charge in [0.25, 0.3) is 0 Å². The number of hydrogen-bond donors (Lipinski definition) is 0. The van der Waals surface area contributed by atoms with Gasteiger partial charge >= 0.3 is 21.7 Å². The van der Waals surface area contributed by atoms with Gasteiger partial charge in [-0.05, 0) is 38.5 Å². The molecule has 0 amide bonds. The van der Waals surface area contributed by atoms with E-state index in [2.05, 4.69) is 100.0 Å². The van der Waals surface area contributed by atoms with Crippen molar-refractivity contribution in [3.63, 3.8) is 0 Å². The Morgan fingerprint density at radius 3 is 1.46 bits per heavy atom. The molecular weight excluding hydrogens is 565 g/mol. The summed E-state index contributed by atoms with van der Waals surface area (Å²) in [4.78, 5) is 0. The van der Waals surface area contributed by atoms with E-state index >= 15 is 0 Å². The molecule has 0 radical (unpaired) electrons. The Bertz CT molecular complexity index is 1020. The van der Waals surface area contributed by atoms with Crippen LogP contribution in [-0.2, 0) is 21.7 Å². The molecule has 0 spiro atoms. The zero-order valence-corrected chi connectivity index (χ0v) is 28.0. The van der Waals surface area contributed by atoms with E-state index in [9.17, 15) is 0 Å². The van der Waals surface area contributed by atoms with Crippen LogP contribution in [-0.4, -0.2) is 25.7 Å². The maximum atomic E-state index is 2.47. The molecule has 0 bridgehead atoms. The van der Waals surface area contributed by atoms with Gasteiger partial charge in [0.1, 0.15) is 0 Å². The summed E-state index contributed by atoms with van der Waals surface area (Å²) in [6, 6.07) is 27.0. The van der Waals surface area contributed by atoms with Gasteiger partial charge in [-0.15, -0.1) is 88.6 Å². The molecule has 0 aliphatic rings. The first-order chi connectivity index (χ1) is 16.6. The van der Waals surface area contributed by atoms with Crippen molar-refractivity contribution in [1.82, 2.24) is 0 Å². The second-order valence-electron chi connectivity index (χ2n) is 9.69. The Labute approximate surface area is 256 Å². The molecule has 0 unspecified atom stereocenters. The van der Waals surface area contributed by atoms with Crippen LogP contribution in [0.15, 0.2) is 72.8 Å². The number of hydrogen-bond acceptors (Lipinski definition) is 0. The number of unbranched alkanes of at least 4 members (excludes halogenated alkanes) is 6. The van der Waals surface area contributed by atoms with Crippen molar-refractivity contribution in [1.29, 1.82) is 0 Å². The molecule has 0 nitrogen and oxygen atoms in total. The SMILES string of the molecule is CCCCCCP(CCCCCC)c1cc2ccccc2[cH-]1.CP(C)c1cc2ccccc2[cH-]1.[Cl-].[Cl-].[Ti+4]. The van der Waals surface area contributed by atoms with Gasteiger partial charge in [-0.25, -0.2) is 0 Å². The summed E-state index contributed by atoms with van der Waals surface area (Å²) >= 11 is 0. The van der Waals surface area contributed by atoms with E-state index in [0.29, 0.717) is 0 Å². The first-order valence-electron chi connectivity index (χ1n) is 13.4. The fourth-order valence-corrected chi connectivity index (χ4v) is 7.93. The van der Waals surface area contributed by atoms with Crippen LogP contribution in [0.3, 0.4) is 0 Å². The Morgan fingerprint density at radius 1 is 0.595 bits per heavy atom. The van der Waals surface area contributed by atoms with E-state index in [4.69, 9.17) is 0 Å². The molecule has 0 heterocycles. The van der Waals surface area contributed by atoms with Gasteiger partial charge in [0.15, 0.2) is 0 Å². The summed E-state index contributed by atoms with van der Waals surface area (Å²) in [6.07, 6.45) is 14.1. The van der Waals surface area contributed by atoms with Crippen LogP contribution in [0.1, 0.15) is 65.2 Å². The zero-order chi connectivity index (χ0) is 24.2. The Balaban J connectivity index is 0.000000739. The fourth-order valence-electron chi connectivity index (χ4n) is 4.54. The molecule has 0 N–H and O–H groups in total. The summed E-state index contributed by atoms with van der Waals surface area (Å²) in [5, 5.41) is 8.79. The number of rotatable bonds is 12. The average Bonchev–Trinajstić information content (AvgIpc) is 3.48. The van der Waals surface area contributed by atoms with Crippen LogP contribution < -0.4 is 35.4 Å². The maximum Gasteiger partial charge on any atom is 4.00 e. The van der Waals surface area contributed by atoms with E-state index in [-0.39, 0.29) is 62.4 Å². The average molecular weight is 609 g/mol. The van der Waals surface area contributed by atoms with Crippen LogP contribution in [0, 0.1) is 0 Å². The summed E-state index contributed by atoms with van der Waals surface area (Å²) < 4.78 is 0. The summed E-state index contributed by atoms with van der Waals surface area (Å²) in [5.74, 6) is 0. The van der Waals surface area contributed by atoms with Gasteiger partial charge in [0.05, 0.1) is 0 Å². The third-order valence-electron chi connectivity index (χ3n) is 6.65. The van der Waals surface area contributed by atoms with Crippen molar-refractivity contribution in [3.8, 4) is 0 Å². The number of halogens is 2. The first-order valence-corrected chi connectivity index (χ1v) is 17.3. The van der Waals surface area contributed by atoms with Gasteiger partial charge in [-0.2, -0.15) is 12.1 Å². The van der Waals surface area contributed by atoms with E-state index < -0.39 is 0 Å². The predicted molar refractivity (Wildman–Crippen MR) is 162 cm³/mol. The predicted octanol–water partition coefficient (Wildman–Crippen LogP) is 3.76. The zero-order valence-electron chi connectivity index (χ0n) is 23.1. The standard InChI is InChI=1S/C21H32P.C11H12P.2ClH.Ti/c1-3-5-7-11-15-22(16-12-8-6-4-2)21-17-19-13-9-10-14-20(19)18-21;1-12(2)11-7-9-5-3-4-6-10(9)8-11;;;/h9-10,13-14,17-18H,3-8,11-12,15-16H2,1-2H3;3-8H,1-2H3;2*1H;/q2*-1;;;+4/p-2. The van der Waals surface area contributed by atoms with Gasteiger partial charge < -0.3 is 24.8 Å². The molecule has 0 aliphatic carbocycles. The van der Waals surface area contributed by atoms with Crippen molar-refractivity contribution >= 4 is 48.0 Å². The van der Waals surface area contributed by atoms with E-state index in [1.807, 2.05) is 0 Å². The molecule has 4 rings (SSSR count). The number of fused-ring (bicyclic) bond motifs is 2. The molecule has 0 aromatic heterocycles. The molecule has 0 fully saturated rings. The van der Waals surface area contributed by atoms with Crippen LogP contribution in [0.4, 0.5) is 0 Å². The Kier molecular flexibility index (Phi) is 20.6. The van der Waals surface area contributed by atoms with Gasteiger partial charge in [-0.1, -0.05) is 72.4 Å². The molecule has 0 atom stereocenters. The van der Waals surface area contributed by atoms with Crippen molar-refractivity contribution in [3.05, 3.63) is 72.8 Å². The van der Waals surface area contributed by atoms with Crippen LogP contribution in [0.25, 0.3) is 21.5 Å². The molecule has 4 aromatic carbocycles. The van der Waals surface area contributed by atoms with Crippen LogP contribution >= 0.6 is 15.8 Å². The van der Waals surface area contributed by atoms with Gasteiger partial charge in [-0.3, -0.25) is 0 Å². The Morgan fingerprint density at radius 2 is 1.03 bits per heavy atom. The van der Waals surface area contributed by atoms with Gasteiger partial charge in [0.2, 0.25) is 0 Å². The Hall–Kier alpha value is -0.186. The minimum atomic E-state index is 0. The summed E-state index contributed by atoms with van der Waals surface area (Å²) in [7, 11) is 0.122. The van der Waals surface area contributed by atoms with E-state index in [1.54, 1.807) is 5.30 Å². The van der Waals surface area contributed by atoms with Gasteiger partial charge in [0, 0.05) is 0 Å². The van der Waals surface area contributed by atoms with Crippen molar-refractivity contribution in [2.24, 2.45) is 0 Å². The molecule has 4 aromatic rings. The maximum absolute atomic E-state index is 2.47. The van der Waals surface area contributed by atoms with E-state index in [0.717, 1.165) is 0 Å². The van der Waals surface area contributed by atoms with Crippen LogP contribution in [0.2, 0.25) is 0 Å². The first kappa shape index (κ1) is 36.8. The smallest absolute Gasteiger partial charge is 1.00 e. The van der Waals surface area contributed by atoms with E-state index in [1.165, 1.54) is 90.5 Å². The largest absolute Gasteiger partial charge is 4.00 e.